The molecule has 0 spiro atoms. The molecule has 4 heteroatoms. The lowest BCUT2D eigenvalue weighted by atomic mass is 10.1. The molecule has 0 radical (unpaired) electrons. The molecule has 0 fully saturated rings. The van der Waals surface area contributed by atoms with Crippen molar-refractivity contribution in [3.63, 3.8) is 0 Å². The van der Waals surface area contributed by atoms with Crippen molar-refractivity contribution in [1.29, 1.82) is 0 Å². The smallest absolute Gasteiger partial charge is 0.292 e. The third-order valence-electron chi connectivity index (χ3n) is 2.50. The van der Waals surface area contributed by atoms with Crippen LogP contribution < -0.4 is 5.73 Å². The lowest BCUT2D eigenvalue weighted by Gasteiger charge is -2.00. The summed E-state index contributed by atoms with van der Waals surface area (Å²) in [6.07, 6.45) is 1.23. The second-order valence-corrected chi connectivity index (χ2v) is 3.65. The van der Waals surface area contributed by atoms with Crippen LogP contribution in [0.5, 0.6) is 0 Å². The number of aryl methyl sites for hydroxylation is 3. The van der Waals surface area contributed by atoms with Crippen molar-refractivity contribution < 1.29 is 8.81 Å². The second kappa shape index (κ2) is 4.35. The Kier molecular flexibility index (Phi) is 2.90. The van der Waals surface area contributed by atoms with Crippen molar-refractivity contribution in [2.45, 2.75) is 19.8 Å². The molecule has 1 aromatic carbocycles. The van der Waals surface area contributed by atoms with Crippen LogP contribution in [0.15, 0.2) is 28.7 Å². The van der Waals surface area contributed by atoms with Crippen molar-refractivity contribution in [2.24, 2.45) is 0 Å². The molecule has 2 N–H and O–H groups in total. The first-order valence-electron chi connectivity index (χ1n) is 5.12. The molecule has 0 atom stereocenters. The van der Waals surface area contributed by atoms with E-state index in [1.165, 1.54) is 6.07 Å². The molecule has 1 heterocycles. The molecule has 0 aliphatic rings. The van der Waals surface area contributed by atoms with Gasteiger partial charge in [-0.15, -0.1) is 0 Å². The maximum Gasteiger partial charge on any atom is 0.292 e. The van der Waals surface area contributed by atoms with Gasteiger partial charge in [0.15, 0.2) is 0 Å². The molecule has 3 nitrogen and oxygen atoms in total. The molecule has 2 aromatic rings. The topological polar surface area (TPSA) is 52.0 Å². The van der Waals surface area contributed by atoms with E-state index >= 15 is 0 Å². The molecule has 0 aliphatic carbocycles. The zero-order valence-electron chi connectivity index (χ0n) is 9.03. The summed E-state index contributed by atoms with van der Waals surface area (Å²) in [5.74, 6) is 0.519. The van der Waals surface area contributed by atoms with Gasteiger partial charge in [0.2, 0.25) is 0 Å². The number of nitrogens with two attached hydrogens (primary N) is 1. The van der Waals surface area contributed by atoms with Crippen LogP contribution in [-0.2, 0) is 12.8 Å². The first-order valence-corrected chi connectivity index (χ1v) is 5.12. The quantitative estimate of drug-likeness (QED) is 0.864. The molecular formula is C12H13FN2O. The number of oxazole rings is 1. The van der Waals surface area contributed by atoms with Gasteiger partial charge in [-0.05, 0) is 31.4 Å². The Hall–Kier alpha value is -1.84. The van der Waals surface area contributed by atoms with E-state index in [4.69, 9.17) is 10.2 Å². The highest BCUT2D eigenvalue weighted by Gasteiger charge is 2.08. The summed E-state index contributed by atoms with van der Waals surface area (Å²) in [7, 11) is 0. The maximum absolute atomic E-state index is 13.3. The predicted molar refractivity (Wildman–Crippen MR) is 59.5 cm³/mol. The lowest BCUT2D eigenvalue weighted by molar-refractivity contribution is 0.544. The molecular weight excluding hydrogens is 207 g/mol. The number of rotatable bonds is 3. The molecule has 2 rings (SSSR count). The summed E-state index contributed by atoms with van der Waals surface area (Å²) in [4.78, 5) is 4.04. The maximum atomic E-state index is 13.3. The van der Waals surface area contributed by atoms with Crippen molar-refractivity contribution >= 4 is 6.01 Å². The molecule has 0 bridgehead atoms. The minimum atomic E-state index is -0.184. The first-order chi connectivity index (χ1) is 7.66. The fourth-order valence-corrected chi connectivity index (χ4v) is 1.64. The molecule has 84 valence electrons. The van der Waals surface area contributed by atoms with Gasteiger partial charge in [-0.25, -0.2) is 4.39 Å². The van der Waals surface area contributed by atoms with Crippen LogP contribution in [0, 0.1) is 12.7 Å². The van der Waals surface area contributed by atoms with Crippen molar-refractivity contribution in [3.05, 3.63) is 47.1 Å². The number of benzene rings is 1. The van der Waals surface area contributed by atoms with Crippen molar-refractivity contribution in [2.75, 3.05) is 5.73 Å². The lowest BCUT2D eigenvalue weighted by Crippen LogP contribution is -1.96. The standard InChI is InChI=1S/C12H13FN2O/c1-8-11(15-12(14)16-8)7-6-9-4-2-3-5-10(9)13/h2-5H,6-7H2,1H3,(H2,14,15). The molecule has 0 amide bonds. The van der Waals surface area contributed by atoms with Crippen molar-refractivity contribution in [3.8, 4) is 0 Å². The van der Waals surface area contributed by atoms with E-state index in [9.17, 15) is 4.39 Å². The fraction of sp³-hybridized carbons (Fsp3) is 0.250. The van der Waals surface area contributed by atoms with Crippen LogP contribution in [-0.4, -0.2) is 4.98 Å². The van der Waals surface area contributed by atoms with Gasteiger partial charge in [0, 0.05) is 0 Å². The number of halogens is 1. The number of aromatic nitrogens is 1. The first kappa shape index (κ1) is 10.7. The zero-order chi connectivity index (χ0) is 11.5. The number of anilines is 1. The van der Waals surface area contributed by atoms with Gasteiger partial charge in [0.05, 0.1) is 5.69 Å². The summed E-state index contributed by atoms with van der Waals surface area (Å²) in [6.45, 7) is 1.81. The minimum absolute atomic E-state index is 0.168. The van der Waals surface area contributed by atoms with E-state index < -0.39 is 0 Å². The Labute approximate surface area is 93.1 Å². The zero-order valence-corrected chi connectivity index (χ0v) is 9.03. The number of hydrogen-bond donors (Lipinski definition) is 1. The summed E-state index contributed by atoms with van der Waals surface area (Å²) >= 11 is 0. The highest BCUT2D eigenvalue weighted by Crippen LogP contribution is 2.15. The Morgan fingerprint density at radius 2 is 2.06 bits per heavy atom. The molecule has 0 saturated carbocycles. The van der Waals surface area contributed by atoms with Gasteiger partial charge in [-0.2, -0.15) is 4.98 Å². The van der Waals surface area contributed by atoms with E-state index in [0.29, 0.717) is 24.2 Å². The predicted octanol–water partition coefficient (Wildman–Crippen LogP) is 2.49. The van der Waals surface area contributed by atoms with Gasteiger partial charge in [-0.3, -0.25) is 0 Å². The Balaban J connectivity index is 2.08. The number of nitrogen functional groups attached to an aromatic ring is 1. The van der Waals surface area contributed by atoms with Gasteiger partial charge < -0.3 is 10.2 Å². The summed E-state index contributed by atoms with van der Waals surface area (Å²) in [6, 6.07) is 6.90. The number of hydrogen-bond acceptors (Lipinski definition) is 3. The summed E-state index contributed by atoms with van der Waals surface area (Å²) in [5, 5.41) is 0. The Morgan fingerprint density at radius 1 is 1.31 bits per heavy atom. The molecule has 0 aliphatic heterocycles. The van der Waals surface area contributed by atoms with Crippen molar-refractivity contribution in [1.82, 2.24) is 4.98 Å². The monoisotopic (exact) mass is 220 g/mol. The van der Waals surface area contributed by atoms with Gasteiger partial charge >= 0.3 is 0 Å². The van der Waals surface area contributed by atoms with Gasteiger partial charge in [0.25, 0.3) is 6.01 Å². The van der Waals surface area contributed by atoms with E-state index in [-0.39, 0.29) is 11.8 Å². The highest BCUT2D eigenvalue weighted by molar-refractivity contribution is 5.22. The highest BCUT2D eigenvalue weighted by atomic mass is 19.1. The Morgan fingerprint density at radius 3 is 2.69 bits per heavy atom. The third-order valence-corrected chi connectivity index (χ3v) is 2.50. The largest absolute Gasteiger partial charge is 0.429 e. The van der Waals surface area contributed by atoms with E-state index in [1.807, 2.05) is 6.07 Å². The van der Waals surface area contributed by atoms with E-state index in [2.05, 4.69) is 4.98 Å². The molecule has 1 aromatic heterocycles. The average Bonchev–Trinajstić information content (AvgIpc) is 2.56. The minimum Gasteiger partial charge on any atom is -0.429 e. The SMILES string of the molecule is Cc1oc(N)nc1CCc1ccccc1F. The van der Waals surface area contributed by atoms with E-state index in [1.54, 1.807) is 19.1 Å². The summed E-state index contributed by atoms with van der Waals surface area (Å²) < 4.78 is 18.4. The van der Waals surface area contributed by atoms with Crippen LogP contribution in [0.2, 0.25) is 0 Å². The van der Waals surface area contributed by atoms with Crippen LogP contribution in [0.25, 0.3) is 0 Å². The molecule has 0 unspecified atom stereocenters. The van der Waals surface area contributed by atoms with E-state index in [0.717, 1.165) is 5.69 Å². The Bertz CT molecular complexity index is 494. The molecule has 16 heavy (non-hydrogen) atoms. The van der Waals surface area contributed by atoms with Gasteiger partial charge in [0.1, 0.15) is 11.6 Å². The third kappa shape index (κ3) is 2.21. The van der Waals surface area contributed by atoms with Crippen LogP contribution in [0.3, 0.4) is 0 Å². The van der Waals surface area contributed by atoms with Gasteiger partial charge in [-0.1, -0.05) is 18.2 Å². The fourth-order valence-electron chi connectivity index (χ4n) is 1.64. The van der Waals surface area contributed by atoms with Crippen LogP contribution >= 0.6 is 0 Å². The van der Waals surface area contributed by atoms with Crippen LogP contribution in [0.1, 0.15) is 17.0 Å². The average molecular weight is 220 g/mol. The molecule has 0 saturated heterocycles. The second-order valence-electron chi connectivity index (χ2n) is 3.65. The van der Waals surface area contributed by atoms with Crippen LogP contribution in [0.4, 0.5) is 10.4 Å². The normalized spacial score (nSPS) is 10.6. The number of nitrogens with zero attached hydrogens (tertiary/aromatic N) is 1. The summed E-state index contributed by atoms with van der Waals surface area (Å²) in [5.41, 5.74) is 6.90.